The number of aromatic nitrogens is 2. The summed E-state index contributed by atoms with van der Waals surface area (Å²) in [5, 5.41) is 14.1. The summed E-state index contributed by atoms with van der Waals surface area (Å²) in [7, 11) is 0. The van der Waals surface area contributed by atoms with Crippen LogP contribution in [0.2, 0.25) is 0 Å². The van der Waals surface area contributed by atoms with Gasteiger partial charge < -0.3 is 21.2 Å². The molecule has 1 aromatic heterocycles. The van der Waals surface area contributed by atoms with E-state index >= 15 is 0 Å². The molecule has 0 radical (unpaired) electrons. The van der Waals surface area contributed by atoms with Gasteiger partial charge in [-0.25, -0.2) is 4.98 Å². The fourth-order valence-corrected chi connectivity index (χ4v) is 1.35. The second-order valence-corrected chi connectivity index (χ2v) is 3.69. The monoisotopic (exact) mass is 239 g/mol. The molecule has 5 N–H and O–H groups in total. The summed E-state index contributed by atoms with van der Waals surface area (Å²) in [5.41, 5.74) is 5.37. The van der Waals surface area contributed by atoms with Crippen molar-refractivity contribution in [1.29, 1.82) is 0 Å². The summed E-state index contributed by atoms with van der Waals surface area (Å²) in [6, 6.07) is -0.202. The number of carbonyl (C=O) groups is 1. The number of H-pyrrole nitrogens is 1. The third kappa shape index (κ3) is 3.20. The number of imidazole rings is 1. The minimum atomic E-state index is -0.677. The number of oxime groups is 1. The van der Waals surface area contributed by atoms with E-state index in [0.29, 0.717) is 12.2 Å². The van der Waals surface area contributed by atoms with Crippen molar-refractivity contribution in [1.82, 2.24) is 15.3 Å². The zero-order valence-electron chi connectivity index (χ0n) is 9.84. The van der Waals surface area contributed by atoms with Crippen LogP contribution in [0, 0.1) is 5.92 Å². The summed E-state index contributed by atoms with van der Waals surface area (Å²) in [5.74, 6) is -0.406. The number of nitrogens with zero attached hydrogens (tertiary/aromatic N) is 2. The molecule has 2 unspecified atom stereocenters. The number of nitrogens with two attached hydrogens (primary N) is 1. The number of amides is 1. The fraction of sp³-hybridized carbons (Fsp3) is 0.500. The molecule has 0 fully saturated rings. The Bertz CT molecular complexity index is 387. The predicted octanol–water partition coefficient (Wildman–Crippen LogP) is 0.360. The van der Waals surface area contributed by atoms with Gasteiger partial charge in [0.25, 0.3) is 0 Å². The van der Waals surface area contributed by atoms with E-state index in [1.807, 2.05) is 6.92 Å². The van der Waals surface area contributed by atoms with Gasteiger partial charge in [-0.3, -0.25) is 4.79 Å². The van der Waals surface area contributed by atoms with Crippen molar-refractivity contribution in [2.75, 3.05) is 0 Å². The van der Waals surface area contributed by atoms with E-state index in [9.17, 15) is 4.79 Å². The second-order valence-electron chi connectivity index (χ2n) is 3.69. The van der Waals surface area contributed by atoms with E-state index in [-0.39, 0.29) is 17.8 Å². The molecule has 0 aliphatic rings. The number of rotatable bonds is 5. The van der Waals surface area contributed by atoms with Crippen LogP contribution in [0.25, 0.3) is 0 Å². The Hall–Kier alpha value is -2.05. The molecular formula is C10H17N5O2. The number of amidine groups is 1. The van der Waals surface area contributed by atoms with E-state index in [2.05, 4.69) is 20.4 Å². The van der Waals surface area contributed by atoms with Gasteiger partial charge >= 0.3 is 0 Å². The van der Waals surface area contributed by atoms with E-state index in [0.717, 1.165) is 0 Å². The molecule has 1 aromatic rings. The van der Waals surface area contributed by atoms with Crippen LogP contribution in [-0.4, -0.2) is 26.9 Å². The van der Waals surface area contributed by atoms with Gasteiger partial charge in [0.05, 0.1) is 12.0 Å². The molecule has 0 aliphatic carbocycles. The molecule has 0 aromatic carbocycles. The first-order valence-corrected chi connectivity index (χ1v) is 5.37. The highest BCUT2D eigenvalue weighted by Gasteiger charge is 2.21. The lowest BCUT2D eigenvalue weighted by Crippen LogP contribution is -2.39. The molecule has 0 saturated carbocycles. The zero-order valence-corrected chi connectivity index (χ0v) is 9.84. The molecule has 7 nitrogen and oxygen atoms in total. The van der Waals surface area contributed by atoms with E-state index < -0.39 is 5.92 Å². The van der Waals surface area contributed by atoms with Gasteiger partial charge in [0, 0.05) is 12.4 Å². The second kappa shape index (κ2) is 5.88. The molecule has 0 aliphatic heterocycles. The maximum Gasteiger partial charge on any atom is 0.231 e. The fourth-order valence-electron chi connectivity index (χ4n) is 1.35. The quantitative estimate of drug-likeness (QED) is 0.257. The Kier molecular flexibility index (Phi) is 4.50. The largest absolute Gasteiger partial charge is 0.409 e. The molecule has 1 heterocycles. The average molecular weight is 239 g/mol. The van der Waals surface area contributed by atoms with Gasteiger partial charge in [0.2, 0.25) is 5.91 Å². The van der Waals surface area contributed by atoms with Crippen molar-refractivity contribution < 1.29 is 10.0 Å². The van der Waals surface area contributed by atoms with Crippen molar-refractivity contribution in [3.8, 4) is 0 Å². The summed E-state index contributed by atoms with van der Waals surface area (Å²) in [4.78, 5) is 18.8. The summed E-state index contributed by atoms with van der Waals surface area (Å²) in [6.45, 7) is 3.50. The number of carbonyl (C=O) groups excluding carboxylic acids is 1. The van der Waals surface area contributed by atoms with Crippen molar-refractivity contribution in [3.05, 3.63) is 18.2 Å². The maximum absolute atomic E-state index is 11.8. The van der Waals surface area contributed by atoms with Crippen molar-refractivity contribution in [3.63, 3.8) is 0 Å². The van der Waals surface area contributed by atoms with Crippen LogP contribution in [0.15, 0.2) is 17.5 Å². The summed E-state index contributed by atoms with van der Waals surface area (Å²) < 4.78 is 0. The number of aromatic amines is 1. The highest BCUT2D eigenvalue weighted by molar-refractivity contribution is 6.01. The Balaban J connectivity index is 2.67. The lowest BCUT2D eigenvalue weighted by Gasteiger charge is -2.17. The highest BCUT2D eigenvalue weighted by Crippen LogP contribution is 2.12. The molecule has 17 heavy (non-hydrogen) atoms. The van der Waals surface area contributed by atoms with Crippen LogP contribution in [0.1, 0.15) is 32.1 Å². The van der Waals surface area contributed by atoms with E-state index in [1.54, 1.807) is 19.3 Å². The Morgan fingerprint density at radius 2 is 2.47 bits per heavy atom. The SMILES string of the molecule is CCC(NC(=O)C(C)/C(N)=N/O)c1ncc[nH]1. The van der Waals surface area contributed by atoms with Gasteiger partial charge in [-0.05, 0) is 13.3 Å². The minimum Gasteiger partial charge on any atom is -0.409 e. The molecule has 1 rings (SSSR count). The first-order chi connectivity index (χ1) is 8.10. The molecule has 1 amide bonds. The summed E-state index contributed by atoms with van der Waals surface area (Å²) >= 11 is 0. The third-order valence-electron chi connectivity index (χ3n) is 2.53. The topological polar surface area (TPSA) is 116 Å². The lowest BCUT2D eigenvalue weighted by atomic mass is 10.1. The van der Waals surface area contributed by atoms with Crippen LogP contribution in [-0.2, 0) is 4.79 Å². The minimum absolute atomic E-state index is 0.114. The van der Waals surface area contributed by atoms with Gasteiger partial charge in [0.1, 0.15) is 5.82 Å². The van der Waals surface area contributed by atoms with Crippen LogP contribution in [0.3, 0.4) is 0 Å². The van der Waals surface area contributed by atoms with Crippen LogP contribution >= 0.6 is 0 Å². The molecule has 7 heteroatoms. The molecule has 2 atom stereocenters. The number of hydrogen-bond donors (Lipinski definition) is 4. The van der Waals surface area contributed by atoms with Gasteiger partial charge in [-0.2, -0.15) is 0 Å². The normalized spacial score (nSPS) is 15.3. The first-order valence-electron chi connectivity index (χ1n) is 5.37. The van der Waals surface area contributed by atoms with Crippen LogP contribution in [0.5, 0.6) is 0 Å². The summed E-state index contributed by atoms with van der Waals surface area (Å²) in [6.07, 6.45) is 4.01. The van der Waals surface area contributed by atoms with Gasteiger partial charge in [-0.1, -0.05) is 12.1 Å². The maximum atomic E-state index is 11.8. The van der Waals surface area contributed by atoms with Crippen LogP contribution in [0.4, 0.5) is 0 Å². The van der Waals surface area contributed by atoms with Crippen molar-refractivity contribution >= 4 is 11.7 Å². The van der Waals surface area contributed by atoms with Crippen molar-refractivity contribution in [2.45, 2.75) is 26.3 Å². The Morgan fingerprint density at radius 1 is 1.76 bits per heavy atom. The standard InChI is InChI=1S/C10H17N5O2/c1-3-7(9-12-4-5-13-9)14-10(16)6(2)8(11)15-17/h4-7,17H,3H2,1-2H3,(H2,11,15)(H,12,13)(H,14,16). The first kappa shape index (κ1) is 13.0. The zero-order chi connectivity index (χ0) is 12.8. The molecule has 0 bridgehead atoms. The Labute approximate surface area is 99.1 Å². The smallest absolute Gasteiger partial charge is 0.231 e. The molecular weight excluding hydrogens is 222 g/mol. The van der Waals surface area contributed by atoms with Gasteiger partial charge in [0.15, 0.2) is 5.84 Å². The average Bonchev–Trinajstić information content (AvgIpc) is 2.87. The molecule has 94 valence electrons. The number of hydrogen-bond acceptors (Lipinski definition) is 4. The van der Waals surface area contributed by atoms with E-state index in [4.69, 9.17) is 10.9 Å². The lowest BCUT2D eigenvalue weighted by molar-refractivity contribution is -0.123. The third-order valence-corrected chi connectivity index (χ3v) is 2.53. The van der Waals surface area contributed by atoms with E-state index in [1.165, 1.54) is 0 Å². The highest BCUT2D eigenvalue weighted by atomic mass is 16.4. The van der Waals surface area contributed by atoms with Crippen molar-refractivity contribution in [2.24, 2.45) is 16.8 Å². The van der Waals surface area contributed by atoms with Crippen LogP contribution < -0.4 is 11.1 Å². The van der Waals surface area contributed by atoms with Gasteiger partial charge in [-0.15, -0.1) is 0 Å². The predicted molar refractivity (Wildman–Crippen MR) is 62.3 cm³/mol. The number of nitrogens with one attached hydrogen (secondary N) is 2. The molecule has 0 spiro atoms. The molecule has 0 saturated heterocycles. The Morgan fingerprint density at radius 3 is 2.94 bits per heavy atom.